The minimum absolute atomic E-state index is 0.0382. The number of nitrogens with one attached hydrogen (secondary N) is 2. The highest BCUT2D eigenvalue weighted by molar-refractivity contribution is 9.10. The van der Waals surface area contributed by atoms with Gasteiger partial charge in [0.25, 0.3) is 0 Å². The first-order valence-electron chi connectivity index (χ1n) is 9.55. The Bertz CT molecular complexity index is 904. The van der Waals surface area contributed by atoms with E-state index in [4.69, 9.17) is 0 Å². The standard InChI is InChI=1S/C19H22BrF3N2O3S/c20-18-8-12-5-13(9-18)7-17(6-12,10-18)16(26)25-14-1-3-15(4-2-14)29(27,28)24-11-19(21,22)23/h1-4,12-13,24H,5-11H2,(H,25,26). The SMILES string of the molecule is O=C(Nc1ccc(S(=O)(=O)NCC(F)(F)F)cc1)C12CC3CC(CC(Br)(C3)C1)C2. The Kier molecular flexibility index (Phi) is 5.06. The normalized spacial score (nSPS) is 33.7. The van der Waals surface area contributed by atoms with Crippen LogP contribution in [0, 0.1) is 17.3 Å². The Labute approximate surface area is 176 Å². The van der Waals surface area contributed by atoms with E-state index in [2.05, 4.69) is 21.2 Å². The molecular formula is C19H22BrF3N2O3S. The summed E-state index contributed by atoms with van der Waals surface area (Å²) in [4.78, 5) is 12.8. The van der Waals surface area contributed by atoms with Gasteiger partial charge in [-0.3, -0.25) is 4.79 Å². The molecule has 0 saturated heterocycles. The van der Waals surface area contributed by atoms with E-state index < -0.39 is 28.2 Å². The van der Waals surface area contributed by atoms with Crippen molar-refractivity contribution in [2.45, 2.75) is 53.9 Å². The van der Waals surface area contributed by atoms with Crippen molar-refractivity contribution in [1.29, 1.82) is 0 Å². The van der Waals surface area contributed by atoms with Gasteiger partial charge in [0.15, 0.2) is 0 Å². The Morgan fingerprint density at radius 2 is 1.69 bits per heavy atom. The highest BCUT2D eigenvalue weighted by atomic mass is 79.9. The molecule has 4 bridgehead atoms. The number of sulfonamides is 1. The van der Waals surface area contributed by atoms with Crippen LogP contribution >= 0.6 is 15.9 Å². The van der Waals surface area contributed by atoms with Crippen molar-refractivity contribution < 1.29 is 26.4 Å². The molecule has 2 N–H and O–H groups in total. The highest BCUT2D eigenvalue weighted by Gasteiger charge is 2.59. The number of alkyl halides is 4. The molecule has 0 radical (unpaired) electrons. The molecule has 0 aromatic heterocycles. The molecule has 1 amide bonds. The third-order valence-electron chi connectivity index (χ3n) is 6.36. The molecule has 1 aromatic rings. The van der Waals surface area contributed by atoms with Gasteiger partial charge < -0.3 is 5.32 Å². The monoisotopic (exact) mass is 494 g/mol. The molecule has 5 rings (SSSR count). The first-order chi connectivity index (χ1) is 13.4. The van der Waals surface area contributed by atoms with Crippen molar-refractivity contribution in [3.63, 3.8) is 0 Å². The van der Waals surface area contributed by atoms with Gasteiger partial charge in [-0.1, -0.05) is 15.9 Å². The molecular weight excluding hydrogens is 473 g/mol. The third kappa shape index (κ3) is 4.34. The maximum absolute atomic E-state index is 13.1. The van der Waals surface area contributed by atoms with Crippen LogP contribution in [-0.2, 0) is 14.8 Å². The molecule has 1 aromatic carbocycles. The van der Waals surface area contributed by atoms with E-state index in [1.807, 2.05) is 0 Å². The van der Waals surface area contributed by atoms with Gasteiger partial charge in [-0.25, -0.2) is 13.1 Å². The van der Waals surface area contributed by atoms with Gasteiger partial charge in [-0.15, -0.1) is 0 Å². The lowest BCUT2D eigenvalue weighted by atomic mass is 9.49. The molecule has 4 saturated carbocycles. The third-order valence-corrected chi connectivity index (χ3v) is 8.70. The summed E-state index contributed by atoms with van der Waals surface area (Å²) in [6.07, 6.45) is 1.30. The van der Waals surface area contributed by atoms with Crippen LogP contribution in [-0.4, -0.2) is 31.4 Å². The predicted molar refractivity (Wildman–Crippen MR) is 105 cm³/mol. The van der Waals surface area contributed by atoms with Crippen LogP contribution in [0.3, 0.4) is 0 Å². The zero-order valence-electron chi connectivity index (χ0n) is 15.6. The number of rotatable bonds is 5. The predicted octanol–water partition coefficient (Wildman–Crippen LogP) is 4.20. The molecule has 0 spiro atoms. The zero-order chi connectivity index (χ0) is 21.1. The smallest absolute Gasteiger partial charge is 0.326 e. The van der Waals surface area contributed by atoms with Crippen LogP contribution < -0.4 is 10.0 Å². The molecule has 4 aliphatic carbocycles. The Morgan fingerprint density at radius 1 is 1.10 bits per heavy atom. The number of hydrogen-bond donors (Lipinski definition) is 2. The maximum atomic E-state index is 13.1. The molecule has 0 heterocycles. The fraction of sp³-hybridized carbons (Fsp3) is 0.632. The molecule has 2 unspecified atom stereocenters. The van der Waals surface area contributed by atoms with Gasteiger partial charge in [0.1, 0.15) is 6.54 Å². The van der Waals surface area contributed by atoms with Crippen LogP contribution in [0.5, 0.6) is 0 Å². The lowest BCUT2D eigenvalue weighted by Gasteiger charge is -2.59. The Hall–Kier alpha value is -1.13. The van der Waals surface area contributed by atoms with Crippen molar-refractivity contribution in [2.75, 3.05) is 11.9 Å². The molecule has 4 fully saturated rings. The molecule has 2 atom stereocenters. The van der Waals surface area contributed by atoms with E-state index in [1.165, 1.54) is 35.4 Å². The lowest BCUT2D eigenvalue weighted by molar-refractivity contribution is -0.138. The van der Waals surface area contributed by atoms with E-state index in [-0.39, 0.29) is 15.1 Å². The number of hydrogen-bond acceptors (Lipinski definition) is 3. The topological polar surface area (TPSA) is 75.3 Å². The Morgan fingerprint density at radius 3 is 2.21 bits per heavy atom. The second kappa shape index (κ2) is 6.95. The zero-order valence-corrected chi connectivity index (χ0v) is 18.0. The maximum Gasteiger partial charge on any atom is 0.402 e. The molecule has 0 aliphatic heterocycles. The number of carbonyl (C=O) groups is 1. The summed E-state index contributed by atoms with van der Waals surface area (Å²) in [5.74, 6) is 1.04. The second-order valence-corrected chi connectivity index (χ2v) is 12.3. The van der Waals surface area contributed by atoms with Gasteiger partial charge >= 0.3 is 6.18 Å². The van der Waals surface area contributed by atoms with Crippen molar-refractivity contribution in [3.8, 4) is 0 Å². The van der Waals surface area contributed by atoms with E-state index in [0.717, 1.165) is 32.1 Å². The average Bonchev–Trinajstić information content (AvgIpc) is 2.58. The number of amides is 1. The van der Waals surface area contributed by atoms with Crippen molar-refractivity contribution >= 4 is 37.5 Å². The molecule has 4 aliphatic rings. The second-order valence-electron chi connectivity index (χ2n) is 8.81. The summed E-state index contributed by atoms with van der Waals surface area (Å²) in [5, 5.41) is 2.90. The number of anilines is 1. The van der Waals surface area contributed by atoms with E-state index >= 15 is 0 Å². The molecule has 10 heteroatoms. The summed E-state index contributed by atoms with van der Waals surface area (Å²) in [5.41, 5.74) is 0.0243. The summed E-state index contributed by atoms with van der Waals surface area (Å²) < 4.78 is 62.3. The fourth-order valence-corrected chi connectivity index (χ4v) is 8.12. The first-order valence-corrected chi connectivity index (χ1v) is 11.8. The number of benzene rings is 1. The molecule has 29 heavy (non-hydrogen) atoms. The summed E-state index contributed by atoms with van der Waals surface area (Å²) in [6.45, 7) is -1.63. The van der Waals surface area contributed by atoms with Crippen LogP contribution in [0.4, 0.5) is 18.9 Å². The van der Waals surface area contributed by atoms with Crippen molar-refractivity contribution in [3.05, 3.63) is 24.3 Å². The summed E-state index contributed by atoms with van der Waals surface area (Å²) in [6, 6.07) is 5.20. The first kappa shape index (κ1) is 21.1. The van der Waals surface area contributed by atoms with Gasteiger partial charge in [0.2, 0.25) is 15.9 Å². The van der Waals surface area contributed by atoms with E-state index in [9.17, 15) is 26.4 Å². The van der Waals surface area contributed by atoms with Crippen LogP contribution in [0.1, 0.15) is 38.5 Å². The van der Waals surface area contributed by atoms with Crippen molar-refractivity contribution in [1.82, 2.24) is 4.72 Å². The van der Waals surface area contributed by atoms with Gasteiger partial charge in [0, 0.05) is 10.0 Å². The summed E-state index contributed by atoms with van der Waals surface area (Å²) in [7, 11) is -4.27. The molecule has 5 nitrogen and oxygen atoms in total. The van der Waals surface area contributed by atoms with E-state index in [1.54, 1.807) is 0 Å². The number of carbonyl (C=O) groups excluding carboxylic acids is 1. The van der Waals surface area contributed by atoms with Crippen LogP contribution in [0.25, 0.3) is 0 Å². The summed E-state index contributed by atoms with van der Waals surface area (Å²) >= 11 is 3.87. The minimum Gasteiger partial charge on any atom is -0.326 e. The Balaban J connectivity index is 1.45. The van der Waals surface area contributed by atoms with Gasteiger partial charge in [-0.2, -0.15) is 13.2 Å². The van der Waals surface area contributed by atoms with Gasteiger partial charge in [-0.05, 0) is 74.6 Å². The van der Waals surface area contributed by atoms with Crippen LogP contribution in [0.15, 0.2) is 29.2 Å². The average molecular weight is 495 g/mol. The fourth-order valence-electron chi connectivity index (χ4n) is 5.66. The molecule has 160 valence electrons. The lowest BCUT2D eigenvalue weighted by Crippen LogP contribution is -2.57. The largest absolute Gasteiger partial charge is 0.402 e. The van der Waals surface area contributed by atoms with Crippen molar-refractivity contribution in [2.24, 2.45) is 17.3 Å². The quantitative estimate of drug-likeness (QED) is 0.602. The van der Waals surface area contributed by atoms with Gasteiger partial charge in [0.05, 0.1) is 10.3 Å². The van der Waals surface area contributed by atoms with Crippen LogP contribution in [0.2, 0.25) is 0 Å². The number of halogens is 4. The minimum atomic E-state index is -4.63. The highest BCUT2D eigenvalue weighted by Crippen LogP contribution is 2.64. The van der Waals surface area contributed by atoms with E-state index in [0.29, 0.717) is 17.5 Å².